The molecule has 0 aliphatic rings. The molecule has 0 radical (unpaired) electrons. The average molecular weight is 201 g/mol. The van der Waals surface area contributed by atoms with Gasteiger partial charge in [-0.05, 0) is 12.1 Å². The molecule has 1 heterocycles. The van der Waals surface area contributed by atoms with Crippen LogP contribution in [0.3, 0.4) is 0 Å². The zero-order valence-corrected chi connectivity index (χ0v) is 8.17. The minimum Gasteiger partial charge on any atom is -0.390 e. The smallest absolute Gasteiger partial charge is 0.0959 e. The number of imidazole rings is 1. The van der Waals surface area contributed by atoms with E-state index in [1.54, 1.807) is 6.33 Å². The third kappa shape index (κ3) is 1.97. The fourth-order valence-corrected chi connectivity index (χ4v) is 1.55. The first kappa shape index (κ1) is 9.69. The van der Waals surface area contributed by atoms with E-state index in [1.807, 2.05) is 34.9 Å². The number of para-hydroxylation sites is 2. The van der Waals surface area contributed by atoms with Gasteiger partial charge in [-0.3, -0.25) is 0 Å². The number of hydrogen-bond donors (Lipinski definition) is 1. The normalized spacial score (nSPS) is 12.5. The van der Waals surface area contributed by atoms with Crippen molar-refractivity contribution in [2.24, 2.45) is 0 Å². The minimum absolute atomic E-state index is 0.145. The molecule has 1 atom stereocenters. The van der Waals surface area contributed by atoms with Crippen molar-refractivity contribution in [1.29, 1.82) is 5.26 Å². The molecule has 1 N–H and O–H groups in total. The first-order chi connectivity index (χ1) is 7.31. The summed E-state index contributed by atoms with van der Waals surface area (Å²) in [6.45, 7) is 0.411. The number of hydrogen-bond acceptors (Lipinski definition) is 3. The van der Waals surface area contributed by atoms with Gasteiger partial charge < -0.3 is 9.67 Å². The molecule has 2 aromatic rings. The molecule has 0 bridgehead atoms. The molecule has 0 saturated carbocycles. The monoisotopic (exact) mass is 201 g/mol. The van der Waals surface area contributed by atoms with Gasteiger partial charge in [0, 0.05) is 0 Å². The summed E-state index contributed by atoms with van der Waals surface area (Å²) in [7, 11) is 0. The van der Waals surface area contributed by atoms with Gasteiger partial charge >= 0.3 is 0 Å². The molecule has 4 nitrogen and oxygen atoms in total. The fraction of sp³-hybridized carbons (Fsp3) is 0.273. The van der Waals surface area contributed by atoms with Gasteiger partial charge in [-0.2, -0.15) is 5.26 Å². The zero-order valence-electron chi connectivity index (χ0n) is 8.17. The Hall–Kier alpha value is -1.86. The molecule has 4 heteroatoms. The van der Waals surface area contributed by atoms with Gasteiger partial charge in [0.15, 0.2) is 0 Å². The summed E-state index contributed by atoms with van der Waals surface area (Å²) in [4.78, 5) is 4.20. The Labute approximate surface area is 87.4 Å². The van der Waals surface area contributed by atoms with Crippen molar-refractivity contribution in [3.63, 3.8) is 0 Å². The minimum atomic E-state index is -0.632. The molecule has 2 rings (SSSR count). The van der Waals surface area contributed by atoms with E-state index >= 15 is 0 Å². The maximum absolute atomic E-state index is 9.51. The van der Waals surface area contributed by atoms with Crippen LogP contribution in [0.25, 0.3) is 11.0 Å². The summed E-state index contributed by atoms with van der Waals surface area (Å²) < 4.78 is 1.86. The Balaban J connectivity index is 2.25. The number of fused-ring (bicyclic) bond motifs is 1. The van der Waals surface area contributed by atoms with E-state index in [2.05, 4.69) is 4.98 Å². The molecule has 0 amide bonds. The summed E-state index contributed by atoms with van der Waals surface area (Å²) in [6, 6.07) is 9.66. The Bertz CT molecular complexity index is 498. The first-order valence-corrected chi connectivity index (χ1v) is 4.76. The lowest BCUT2D eigenvalue weighted by atomic mass is 10.2. The first-order valence-electron chi connectivity index (χ1n) is 4.76. The molecule has 0 aliphatic heterocycles. The number of aliphatic hydroxyl groups excluding tert-OH is 1. The third-order valence-corrected chi connectivity index (χ3v) is 2.26. The highest BCUT2D eigenvalue weighted by molar-refractivity contribution is 5.74. The highest BCUT2D eigenvalue weighted by atomic mass is 16.3. The van der Waals surface area contributed by atoms with E-state index in [0.29, 0.717) is 6.54 Å². The molecule has 0 spiro atoms. The molecular formula is C11H11N3O. The number of aliphatic hydroxyl groups is 1. The highest BCUT2D eigenvalue weighted by Crippen LogP contribution is 2.12. The van der Waals surface area contributed by atoms with E-state index in [-0.39, 0.29) is 6.42 Å². The van der Waals surface area contributed by atoms with Crippen molar-refractivity contribution in [3.05, 3.63) is 30.6 Å². The second-order valence-electron chi connectivity index (χ2n) is 3.40. The standard InChI is InChI=1S/C11H11N3O/c12-6-5-9(15)7-14-8-13-10-3-1-2-4-11(10)14/h1-4,8-9,15H,5,7H2. The van der Waals surface area contributed by atoms with Gasteiger partial charge in [-0.15, -0.1) is 0 Å². The van der Waals surface area contributed by atoms with Gasteiger partial charge in [-0.25, -0.2) is 4.98 Å². The second kappa shape index (κ2) is 4.11. The summed E-state index contributed by atoms with van der Waals surface area (Å²) in [6.07, 6.45) is 1.20. The average Bonchev–Trinajstić information content (AvgIpc) is 2.62. The van der Waals surface area contributed by atoms with Crippen molar-refractivity contribution >= 4 is 11.0 Å². The molecule has 1 aromatic carbocycles. The van der Waals surface area contributed by atoms with Crippen LogP contribution in [0, 0.1) is 11.3 Å². The van der Waals surface area contributed by atoms with Crippen LogP contribution in [0.2, 0.25) is 0 Å². The Morgan fingerprint density at radius 2 is 2.27 bits per heavy atom. The van der Waals surface area contributed by atoms with Crippen molar-refractivity contribution in [3.8, 4) is 6.07 Å². The highest BCUT2D eigenvalue weighted by Gasteiger charge is 2.07. The third-order valence-electron chi connectivity index (χ3n) is 2.26. The number of benzene rings is 1. The SMILES string of the molecule is N#CCC(O)Cn1cnc2ccccc21. The predicted molar refractivity (Wildman–Crippen MR) is 56.0 cm³/mol. The van der Waals surface area contributed by atoms with E-state index in [9.17, 15) is 5.11 Å². The van der Waals surface area contributed by atoms with Crippen LogP contribution in [-0.4, -0.2) is 20.8 Å². The van der Waals surface area contributed by atoms with Gasteiger partial charge in [0.25, 0.3) is 0 Å². The molecule has 1 unspecified atom stereocenters. The molecule has 0 fully saturated rings. The lowest BCUT2D eigenvalue weighted by Crippen LogP contribution is -2.14. The molecule has 0 saturated heterocycles. The van der Waals surface area contributed by atoms with Crippen molar-refractivity contribution < 1.29 is 5.11 Å². The number of nitriles is 1. The van der Waals surface area contributed by atoms with Crippen LogP contribution in [-0.2, 0) is 6.54 Å². The lowest BCUT2D eigenvalue weighted by Gasteiger charge is -2.07. The molecule has 0 aliphatic carbocycles. The van der Waals surface area contributed by atoms with Crippen LogP contribution in [0.4, 0.5) is 0 Å². The van der Waals surface area contributed by atoms with E-state index in [1.165, 1.54) is 0 Å². The summed E-state index contributed by atoms with van der Waals surface area (Å²) in [5, 5.41) is 18.0. The topological polar surface area (TPSA) is 61.8 Å². The van der Waals surface area contributed by atoms with Crippen LogP contribution >= 0.6 is 0 Å². The zero-order chi connectivity index (χ0) is 10.7. The van der Waals surface area contributed by atoms with Crippen molar-refractivity contribution in [1.82, 2.24) is 9.55 Å². The van der Waals surface area contributed by atoms with Crippen LogP contribution in [0.1, 0.15) is 6.42 Å². The Kier molecular flexibility index (Phi) is 2.66. The maximum atomic E-state index is 9.51. The summed E-state index contributed by atoms with van der Waals surface area (Å²) in [5.74, 6) is 0. The van der Waals surface area contributed by atoms with E-state index in [0.717, 1.165) is 11.0 Å². The van der Waals surface area contributed by atoms with Gasteiger partial charge in [-0.1, -0.05) is 12.1 Å². The summed E-state index contributed by atoms with van der Waals surface area (Å²) in [5.41, 5.74) is 1.89. The van der Waals surface area contributed by atoms with Crippen molar-refractivity contribution in [2.75, 3.05) is 0 Å². The van der Waals surface area contributed by atoms with Crippen LogP contribution in [0.5, 0.6) is 0 Å². The molecule has 15 heavy (non-hydrogen) atoms. The quantitative estimate of drug-likeness (QED) is 0.814. The number of nitrogens with zero attached hydrogens (tertiary/aromatic N) is 3. The van der Waals surface area contributed by atoms with Crippen LogP contribution in [0.15, 0.2) is 30.6 Å². The lowest BCUT2D eigenvalue weighted by molar-refractivity contribution is 0.160. The fourth-order valence-electron chi connectivity index (χ4n) is 1.55. The molecular weight excluding hydrogens is 190 g/mol. The van der Waals surface area contributed by atoms with Crippen LogP contribution < -0.4 is 0 Å². The predicted octanol–water partition coefficient (Wildman–Crippen LogP) is 1.31. The second-order valence-corrected chi connectivity index (χ2v) is 3.40. The largest absolute Gasteiger partial charge is 0.390 e. The van der Waals surface area contributed by atoms with E-state index in [4.69, 9.17) is 5.26 Å². The van der Waals surface area contributed by atoms with Gasteiger partial charge in [0.05, 0.1) is 42.5 Å². The Morgan fingerprint density at radius 1 is 1.47 bits per heavy atom. The maximum Gasteiger partial charge on any atom is 0.0959 e. The van der Waals surface area contributed by atoms with Gasteiger partial charge in [0.2, 0.25) is 0 Å². The Morgan fingerprint density at radius 3 is 3.07 bits per heavy atom. The number of rotatable bonds is 3. The number of aromatic nitrogens is 2. The summed E-state index contributed by atoms with van der Waals surface area (Å²) >= 11 is 0. The van der Waals surface area contributed by atoms with Crippen molar-refractivity contribution in [2.45, 2.75) is 19.1 Å². The molecule has 76 valence electrons. The van der Waals surface area contributed by atoms with E-state index < -0.39 is 6.10 Å². The van der Waals surface area contributed by atoms with Gasteiger partial charge in [0.1, 0.15) is 0 Å². The molecule has 1 aromatic heterocycles.